The molecule has 3 atom stereocenters. The molecule has 29 heavy (non-hydrogen) atoms. The van der Waals surface area contributed by atoms with Crippen molar-refractivity contribution in [2.45, 2.75) is 51.0 Å². The molecule has 0 spiro atoms. The van der Waals surface area contributed by atoms with E-state index in [2.05, 4.69) is 5.32 Å². The molecule has 2 heterocycles. The summed E-state index contributed by atoms with van der Waals surface area (Å²) in [5.74, 6) is -3.71. The first-order chi connectivity index (χ1) is 13.6. The van der Waals surface area contributed by atoms with Crippen LogP contribution in [-0.4, -0.2) is 45.6 Å². The third-order valence-electron chi connectivity index (χ3n) is 5.61. The van der Waals surface area contributed by atoms with Crippen molar-refractivity contribution in [2.24, 2.45) is 0 Å². The number of nitrogens with zero attached hydrogens (tertiary/aromatic N) is 2. The molecule has 0 bridgehead atoms. The highest BCUT2D eigenvalue weighted by Crippen LogP contribution is 2.42. The van der Waals surface area contributed by atoms with Crippen LogP contribution in [0.1, 0.15) is 43.1 Å². The maximum absolute atomic E-state index is 15.7. The molecule has 1 aliphatic carbocycles. The minimum Gasteiger partial charge on any atom is -0.477 e. The Morgan fingerprint density at radius 1 is 1.28 bits per heavy atom. The number of nitrogens with two attached hydrogens (primary N) is 1. The van der Waals surface area contributed by atoms with Crippen LogP contribution < -0.4 is 21.4 Å². The highest BCUT2D eigenvalue weighted by Gasteiger charge is 2.37. The fraction of sp³-hybridized carbons (Fsp3) is 0.474. The molecule has 5 N–H and O–H groups in total. The number of pyridine rings is 1. The minimum atomic E-state index is -1.49. The molecule has 1 saturated heterocycles. The number of nitrogen functional groups attached to an aromatic ring is 1. The van der Waals surface area contributed by atoms with E-state index in [9.17, 15) is 19.8 Å². The molecular weight excluding hydrogens is 386 g/mol. The van der Waals surface area contributed by atoms with Crippen LogP contribution in [0.3, 0.4) is 0 Å². The van der Waals surface area contributed by atoms with Crippen LogP contribution in [0.25, 0.3) is 10.9 Å². The molecule has 0 amide bonds. The quantitative estimate of drug-likeness (QED) is 0.567. The number of carboxylic acid groups (broad SMARTS) is 1. The number of anilines is 2. The summed E-state index contributed by atoms with van der Waals surface area (Å²) in [5.41, 5.74) is 2.90. The lowest BCUT2D eigenvalue weighted by Gasteiger charge is -2.42. The molecule has 1 aromatic heterocycles. The summed E-state index contributed by atoms with van der Waals surface area (Å²) >= 11 is 0. The number of rotatable bonds is 3. The van der Waals surface area contributed by atoms with E-state index in [-0.39, 0.29) is 24.1 Å². The Bertz CT molecular complexity index is 1080. The summed E-state index contributed by atoms with van der Waals surface area (Å²) in [6.45, 7) is 3.62. The Morgan fingerprint density at radius 2 is 1.93 bits per heavy atom. The number of benzene rings is 1. The first kappa shape index (κ1) is 19.6. The number of aliphatic hydroxyl groups is 1. The van der Waals surface area contributed by atoms with Crippen molar-refractivity contribution in [3.8, 4) is 0 Å². The molecule has 2 aromatic rings. The van der Waals surface area contributed by atoms with Gasteiger partial charge in [-0.2, -0.15) is 0 Å². The van der Waals surface area contributed by atoms with Crippen LogP contribution in [0.2, 0.25) is 0 Å². The largest absolute Gasteiger partial charge is 0.477 e. The van der Waals surface area contributed by atoms with Crippen LogP contribution in [0.5, 0.6) is 0 Å². The molecule has 1 unspecified atom stereocenters. The molecule has 0 radical (unpaired) electrons. The van der Waals surface area contributed by atoms with Gasteiger partial charge in [0.25, 0.3) is 0 Å². The highest BCUT2D eigenvalue weighted by molar-refractivity contribution is 5.99. The fourth-order valence-corrected chi connectivity index (χ4v) is 4.08. The lowest BCUT2D eigenvalue weighted by Crippen LogP contribution is -2.61. The molecule has 4 rings (SSSR count). The second kappa shape index (κ2) is 6.67. The SMILES string of the molecule is C[C@H]1CN(c2c(F)c(N)c3c(=O)c(C(=O)O)cn(C4CC4)c3c2F)C(O)[C@@H](C)N1. The highest BCUT2D eigenvalue weighted by atomic mass is 19.1. The van der Waals surface area contributed by atoms with Crippen LogP contribution in [0.15, 0.2) is 11.0 Å². The van der Waals surface area contributed by atoms with Crippen molar-refractivity contribution in [1.29, 1.82) is 0 Å². The third kappa shape index (κ3) is 2.94. The zero-order valence-corrected chi connectivity index (χ0v) is 15.9. The van der Waals surface area contributed by atoms with Gasteiger partial charge >= 0.3 is 5.97 Å². The summed E-state index contributed by atoms with van der Waals surface area (Å²) in [4.78, 5) is 25.3. The summed E-state index contributed by atoms with van der Waals surface area (Å²) < 4.78 is 32.3. The molecule has 2 fully saturated rings. The maximum atomic E-state index is 15.7. The average Bonchev–Trinajstić information content (AvgIpc) is 3.48. The number of hydrogen-bond donors (Lipinski definition) is 4. The predicted molar refractivity (Wildman–Crippen MR) is 103 cm³/mol. The zero-order chi connectivity index (χ0) is 21.2. The maximum Gasteiger partial charge on any atom is 0.341 e. The van der Waals surface area contributed by atoms with Gasteiger partial charge in [0.2, 0.25) is 5.43 Å². The van der Waals surface area contributed by atoms with E-state index in [1.807, 2.05) is 6.92 Å². The van der Waals surface area contributed by atoms with E-state index >= 15 is 8.78 Å². The first-order valence-corrected chi connectivity index (χ1v) is 9.42. The van der Waals surface area contributed by atoms with E-state index in [0.29, 0.717) is 12.8 Å². The van der Waals surface area contributed by atoms with Gasteiger partial charge < -0.3 is 30.7 Å². The van der Waals surface area contributed by atoms with Crippen LogP contribution in [-0.2, 0) is 0 Å². The Balaban J connectivity index is 2.07. The Hall–Kier alpha value is -2.72. The van der Waals surface area contributed by atoms with Crippen molar-refractivity contribution in [3.05, 3.63) is 33.6 Å². The van der Waals surface area contributed by atoms with E-state index in [4.69, 9.17) is 5.73 Å². The number of nitrogens with one attached hydrogen (secondary N) is 1. The van der Waals surface area contributed by atoms with E-state index in [1.54, 1.807) is 6.92 Å². The van der Waals surface area contributed by atoms with Crippen molar-refractivity contribution in [1.82, 2.24) is 9.88 Å². The lowest BCUT2D eigenvalue weighted by molar-refractivity contribution is 0.0695. The van der Waals surface area contributed by atoms with E-state index < -0.39 is 57.6 Å². The molecule has 2 aliphatic rings. The number of aromatic nitrogens is 1. The third-order valence-corrected chi connectivity index (χ3v) is 5.61. The Kier molecular flexibility index (Phi) is 4.50. The molecule has 10 heteroatoms. The number of piperazine rings is 1. The lowest BCUT2D eigenvalue weighted by atomic mass is 10.0. The van der Waals surface area contributed by atoms with E-state index in [0.717, 1.165) is 6.20 Å². The number of halogens is 2. The minimum absolute atomic E-state index is 0.116. The fourth-order valence-electron chi connectivity index (χ4n) is 4.08. The Morgan fingerprint density at radius 3 is 2.52 bits per heavy atom. The van der Waals surface area contributed by atoms with Gasteiger partial charge in [-0.15, -0.1) is 0 Å². The second-order valence-electron chi connectivity index (χ2n) is 7.85. The number of hydrogen-bond acceptors (Lipinski definition) is 6. The summed E-state index contributed by atoms with van der Waals surface area (Å²) in [5, 5.41) is 22.5. The molecule has 1 aliphatic heterocycles. The molecule has 1 aromatic carbocycles. The molecular formula is C19H22F2N4O4. The number of fused-ring (bicyclic) bond motifs is 1. The van der Waals surface area contributed by atoms with Gasteiger partial charge in [-0.1, -0.05) is 0 Å². The number of aliphatic hydroxyl groups excluding tert-OH is 1. The van der Waals surface area contributed by atoms with Crippen molar-refractivity contribution in [3.63, 3.8) is 0 Å². The van der Waals surface area contributed by atoms with Gasteiger partial charge in [0, 0.05) is 30.9 Å². The van der Waals surface area contributed by atoms with Crippen LogP contribution in [0, 0.1) is 11.6 Å². The molecule has 8 nitrogen and oxygen atoms in total. The zero-order valence-electron chi connectivity index (χ0n) is 15.9. The predicted octanol–water partition coefficient (Wildman–Crippen LogP) is 1.40. The van der Waals surface area contributed by atoms with Gasteiger partial charge in [0.05, 0.1) is 16.6 Å². The van der Waals surface area contributed by atoms with Gasteiger partial charge in [-0.25, -0.2) is 13.6 Å². The van der Waals surface area contributed by atoms with Crippen LogP contribution >= 0.6 is 0 Å². The first-order valence-electron chi connectivity index (χ1n) is 9.42. The number of aromatic carboxylic acids is 1. The standard InChI is InChI=1S/C19H22F2N4O4/c1-7-5-25(18(27)8(2)23-7)16-12(20)14(22)11-15(13(16)21)24(9-3-4-9)6-10(17(11)26)19(28)29/h6-9,18,23,27H,3-5,22H2,1-2H3,(H,28,29)/t7-,8+,18?/m0/s1. The smallest absolute Gasteiger partial charge is 0.341 e. The van der Waals surface area contributed by atoms with Gasteiger partial charge in [0.1, 0.15) is 17.5 Å². The van der Waals surface area contributed by atoms with E-state index in [1.165, 1.54) is 9.47 Å². The summed E-state index contributed by atoms with van der Waals surface area (Å²) in [6.07, 6.45) is 1.22. The van der Waals surface area contributed by atoms with Crippen molar-refractivity contribution in [2.75, 3.05) is 17.2 Å². The van der Waals surface area contributed by atoms with Gasteiger partial charge in [-0.3, -0.25) is 4.79 Å². The molecule has 1 saturated carbocycles. The average molecular weight is 408 g/mol. The normalized spacial score (nSPS) is 24.9. The van der Waals surface area contributed by atoms with Gasteiger partial charge in [-0.05, 0) is 26.7 Å². The topological polar surface area (TPSA) is 121 Å². The van der Waals surface area contributed by atoms with Crippen molar-refractivity contribution < 1.29 is 23.8 Å². The summed E-state index contributed by atoms with van der Waals surface area (Å²) in [7, 11) is 0. The summed E-state index contributed by atoms with van der Waals surface area (Å²) in [6, 6.07) is -0.826. The monoisotopic (exact) mass is 408 g/mol. The van der Waals surface area contributed by atoms with Crippen LogP contribution in [0.4, 0.5) is 20.2 Å². The molecule has 156 valence electrons. The number of carbonyl (C=O) groups is 1. The van der Waals surface area contributed by atoms with Crippen molar-refractivity contribution >= 4 is 28.2 Å². The number of carboxylic acids is 1. The Labute approximate surface area is 164 Å². The second-order valence-corrected chi connectivity index (χ2v) is 7.85. The van der Waals surface area contributed by atoms with Gasteiger partial charge in [0.15, 0.2) is 11.6 Å².